The van der Waals surface area contributed by atoms with E-state index in [1.165, 1.54) is 30.2 Å². The van der Waals surface area contributed by atoms with Gasteiger partial charge in [0, 0.05) is 23.4 Å². The van der Waals surface area contributed by atoms with Gasteiger partial charge >= 0.3 is 5.97 Å². The summed E-state index contributed by atoms with van der Waals surface area (Å²) in [5.41, 5.74) is 2.29. The molecule has 1 atom stereocenters. The summed E-state index contributed by atoms with van der Waals surface area (Å²) in [5.74, 6) is -2.41. The lowest BCUT2D eigenvalue weighted by Crippen LogP contribution is -2.36. The maximum atomic E-state index is 13.1. The smallest absolute Gasteiger partial charge is 0.339 e. The van der Waals surface area contributed by atoms with Gasteiger partial charge in [-0.1, -0.05) is 18.2 Å². The van der Waals surface area contributed by atoms with Crippen LogP contribution in [0.2, 0.25) is 0 Å². The van der Waals surface area contributed by atoms with Crippen LogP contribution in [0.1, 0.15) is 70.2 Å². The molecule has 10 heteroatoms. The predicted octanol–water partition coefficient (Wildman–Crippen LogP) is 4.06. The van der Waals surface area contributed by atoms with Crippen molar-refractivity contribution in [3.63, 3.8) is 0 Å². The molecule has 3 aromatic carbocycles. The van der Waals surface area contributed by atoms with Gasteiger partial charge in [-0.15, -0.1) is 0 Å². The summed E-state index contributed by atoms with van der Waals surface area (Å²) in [4.78, 5) is 65.3. The fourth-order valence-corrected chi connectivity index (χ4v) is 4.87. The molecule has 0 bridgehead atoms. The van der Waals surface area contributed by atoms with Crippen LogP contribution in [-0.2, 0) is 9.47 Å². The average Bonchev–Trinajstić information content (AvgIpc) is 3.56. The first-order valence-electron chi connectivity index (χ1n) is 12.8. The van der Waals surface area contributed by atoms with Crippen LogP contribution in [0, 0.1) is 6.92 Å². The number of carbonyl (C=O) groups is 5. The molecule has 0 radical (unpaired) electrons. The van der Waals surface area contributed by atoms with E-state index < -0.39 is 29.6 Å². The van der Waals surface area contributed by atoms with Crippen molar-refractivity contribution in [3.8, 4) is 0 Å². The Balaban J connectivity index is 1.32. The first kappa shape index (κ1) is 26.8. The summed E-state index contributed by atoms with van der Waals surface area (Å²) in [5, 5.41) is 5.52. The molecule has 1 unspecified atom stereocenters. The van der Waals surface area contributed by atoms with Crippen LogP contribution in [0.3, 0.4) is 0 Å². The van der Waals surface area contributed by atoms with Gasteiger partial charge in [-0.2, -0.15) is 0 Å². The molecule has 1 saturated heterocycles. The number of hydrogen-bond acceptors (Lipinski definition) is 7. The fraction of sp³-hybridized carbons (Fsp3) is 0.233. The molecule has 1 fully saturated rings. The molecule has 2 aliphatic rings. The molecule has 204 valence electrons. The number of amides is 4. The van der Waals surface area contributed by atoms with Gasteiger partial charge in [-0.25, -0.2) is 4.79 Å². The van der Waals surface area contributed by atoms with Gasteiger partial charge in [-0.3, -0.25) is 24.1 Å². The molecule has 0 spiro atoms. The van der Waals surface area contributed by atoms with Crippen LogP contribution in [-0.4, -0.2) is 60.9 Å². The molecular formula is C30H27N3O7. The summed E-state index contributed by atoms with van der Waals surface area (Å²) in [6, 6.07) is 15.7. The highest BCUT2D eigenvalue weighted by atomic mass is 16.5. The molecule has 0 aromatic heterocycles. The van der Waals surface area contributed by atoms with E-state index in [9.17, 15) is 24.0 Å². The van der Waals surface area contributed by atoms with Crippen LogP contribution in [0.25, 0.3) is 0 Å². The number of ether oxygens (including phenoxy) is 2. The van der Waals surface area contributed by atoms with Crippen LogP contribution in [0.5, 0.6) is 0 Å². The zero-order valence-corrected chi connectivity index (χ0v) is 22.0. The number of hydrogen-bond donors (Lipinski definition) is 2. The second-order valence-electron chi connectivity index (χ2n) is 9.54. The maximum Gasteiger partial charge on any atom is 0.339 e. The number of carbonyl (C=O) groups excluding carboxylic acids is 5. The highest BCUT2D eigenvalue weighted by Gasteiger charge is 2.38. The van der Waals surface area contributed by atoms with Crippen molar-refractivity contribution in [3.05, 3.63) is 94.0 Å². The number of anilines is 2. The second kappa shape index (κ2) is 11.1. The first-order chi connectivity index (χ1) is 19.3. The zero-order valence-electron chi connectivity index (χ0n) is 22.0. The van der Waals surface area contributed by atoms with Crippen molar-refractivity contribution in [2.45, 2.75) is 25.9 Å². The quantitative estimate of drug-likeness (QED) is 0.341. The molecule has 4 amide bonds. The third-order valence-corrected chi connectivity index (χ3v) is 7.05. The van der Waals surface area contributed by atoms with Gasteiger partial charge < -0.3 is 20.1 Å². The predicted molar refractivity (Wildman–Crippen MR) is 146 cm³/mol. The molecule has 0 aliphatic carbocycles. The summed E-state index contributed by atoms with van der Waals surface area (Å²) < 4.78 is 10.4. The van der Waals surface area contributed by atoms with Crippen molar-refractivity contribution in [1.29, 1.82) is 0 Å². The van der Waals surface area contributed by atoms with Gasteiger partial charge in [0.15, 0.2) is 0 Å². The van der Waals surface area contributed by atoms with E-state index in [0.717, 1.165) is 12.8 Å². The Morgan fingerprint density at radius 2 is 1.60 bits per heavy atom. The number of nitrogens with zero attached hydrogens (tertiary/aromatic N) is 1. The molecule has 3 aromatic rings. The zero-order chi connectivity index (χ0) is 28.4. The molecule has 2 heterocycles. The summed E-state index contributed by atoms with van der Waals surface area (Å²) in [6.07, 6.45) is 1.50. The Morgan fingerprint density at radius 3 is 2.35 bits per heavy atom. The number of nitrogens with one attached hydrogen (secondary N) is 2. The Bertz CT molecular complexity index is 1540. The Kier molecular flexibility index (Phi) is 7.43. The highest BCUT2D eigenvalue weighted by molar-refractivity contribution is 6.22. The van der Waals surface area contributed by atoms with E-state index in [0.29, 0.717) is 23.5 Å². The number of para-hydroxylation sites is 1. The van der Waals surface area contributed by atoms with Crippen molar-refractivity contribution >= 4 is 41.0 Å². The van der Waals surface area contributed by atoms with Crippen molar-refractivity contribution in [2.24, 2.45) is 0 Å². The Hall–Kier alpha value is -4.83. The normalized spacial score (nSPS) is 16.1. The van der Waals surface area contributed by atoms with Gasteiger partial charge in [0.05, 0.1) is 42.1 Å². The Morgan fingerprint density at radius 1 is 0.900 bits per heavy atom. The number of imide groups is 1. The fourth-order valence-electron chi connectivity index (χ4n) is 4.87. The molecule has 5 rings (SSSR count). The lowest BCUT2D eigenvalue weighted by Gasteiger charge is -2.17. The van der Waals surface area contributed by atoms with Crippen molar-refractivity contribution < 1.29 is 33.4 Å². The van der Waals surface area contributed by atoms with E-state index in [2.05, 4.69) is 10.6 Å². The third-order valence-electron chi connectivity index (χ3n) is 7.05. The van der Waals surface area contributed by atoms with Crippen LogP contribution in [0.4, 0.5) is 11.4 Å². The summed E-state index contributed by atoms with van der Waals surface area (Å²) in [7, 11) is 1.26. The van der Waals surface area contributed by atoms with Crippen LogP contribution >= 0.6 is 0 Å². The van der Waals surface area contributed by atoms with E-state index in [-0.39, 0.29) is 40.5 Å². The minimum absolute atomic E-state index is 0.171. The lowest BCUT2D eigenvalue weighted by atomic mass is 10.0. The second-order valence-corrected chi connectivity index (χ2v) is 9.54. The minimum atomic E-state index is -0.585. The largest absolute Gasteiger partial charge is 0.465 e. The topological polar surface area (TPSA) is 131 Å². The summed E-state index contributed by atoms with van der Waals surface area (Å²) in [6.45, 7) is 2.48. The van der Waals surface area contributed by atoms with E-state index in [4.69, 9.17) is 9.47 Å². The number of methoxy groups -OCH3 is 1. The van der Waals surface area contributed by atoms with E-state index in [1.54, 1.807) is 49.4 Å². The molecular weight excluding hydrogens is 514 g/mol. The standard InChI is InChI=1S/C30H27N3O7/c1-17-20(27(35)32-25-10-4-3-8-22(25)30(38)39-2)9-5-11-24(17)31-26(34)18-12-13-21-23(15-18)29(37)33(28(21)36)16-19-7-6-14-40-19/h3-5,8-13,15,19H,6-7,14,16H2,1-2H3,(H,31,34)(H,32,35). The lowest BCUT2D eigenvalue weighted by molar-refractivity contribution is 0.0475. The van der Waals surface area contributed by atoms with E-state index in [1.807, 2.05) is 0 Å². The third kappa shape index (κ3) is 5.08. The number of esters is 1. The number of fused-ring (bicyclic) bond motifs is 1. The number of benzene rings is 3. The SMILES string of the molecule is COC(=O)c1ccccc1NC(=O)c1cccc(NC(=O)c2ccc3c(c2)C(=O)N(CC2CCCO2)C3=O)c1C. The van der Waals surface area contributed by atoms with Gasteiger partial charge in [0.2, 0.25) is 0 Å². The van der Waals surface area contributed by atoms with Gasteiger partial charge in [0.1, 0.15) is 0 Å². The minimum Gasteiger partial charge on any atom is -0.465 e. The maximum absolute atomic E-state index is 13.1. The molecule has 0 saturated carbocycles. The Labute approximate surface area is 230 Å². The highest BCUT2D eigenvalue weighted by Crippen LogP contribution is 2.27. The van der Waals surface area contributed by atoms with Crippen molar-refractivity contribution in [2.75, 3.05) is 30.9 Å². The van der Waals surface area contributed by atoms with Gasteiger partial charge in [-0.05, 0) is 67.8 Å². The summed E-state index contributed by atoms with van der Waals surface area (Å²) >= 11 is 0. The first-order valence-corrected chi connectivity index (χ1v) is 12.8. The average molecular weight is 542 g/mol. The molecule has 40 heavy (non-hydrogen) atoms. The van der Waals surface area contributed by atoms with Crippen LogP contribution in [0.15, 0.2) is 60.7 Å². The molecule has 2 N–H and O–H groups in total. The molecule has 10 nitrogen and oxygen atoms in total. The number of rotatable bonds is 7. The van der Waals surface area contributed by atoms with E-state index >= 15 is 0 Å². The molecule has 2 aliphatic heterocycles. The monoisotopic (exact) mass is 541 g/mol. The van der Waals surface area contributed by atoms with Crippen molar-refractivity contribution in [1.82, 2.24) is 4.90 Å². The van der Waals surface area contributed by atoms with Gasteiger partial charge in [0.25, 0.3) is 23.6 Å². The van der Waals surface area contributed by atoms with Crippen LogP contribution < -0.4 is 10.6 Å².